The molecule has 4 heterocycles. The number of aromatic nitrogens is 4. The number of H-pyrrole nitrogens is 1. The first kappa shape index (κ1) is 26.4. The average Bonchev–Trinajstić information content (AvgIpc) is 3.54. The van der Waals surface area contributed by atoms with Gasteiger partial charge in [-0.1, -0.05) is 25.7 Å². The summed E-state index contributed by atoms with van der Waals surface area (Å²) in [6.07, 6.45) is 5.48. The molecule has 5 rings (SSSR count). The number of benzene rings is 1. The van der Waals surface area contributed by atoms with Crippen molar-refractivity contribution in [3.05, 3.63) is 34.2 Å². The molecule has 0 spiro atoms. The lowest BCUT2D eigenvalue weighted by atomic mass is 10.0. The lowest BCUT2D eigenvalue weighted by Gasteiger charge is -2.38. The van der Waals surface area contributed by atoms with E-state index in [9.17, 15) is 0 Å². The van der Waals surface area contributed by atoms with Crippen LogP contribution in [0.25, 0.3) is 11.0 Å². The zero-order valence-electron chi connectivity index (χ0n) is 22.8. The Hall–Kier alpha value is -2.17. The first-order valence-electron chi connectivity index (χ1n) is 13.7. The number of aryl methyl sites for hydroxylation is 1. The molecular formula is C27H41BrN8Si. The number of piperazine rings is 1. The van der Waals surface area contributed by atoms with Crippen LogP contribution in [0.1, 0.15) is 24.0 Å². The second-order valence-electron chi connectivity index (χ2n) is 11.7. The van der Waals surface area contributed by atoms with Crippen LogP contribution in [-0.2, 0) is 6.42 Å². The Kier molecular flexibility index (Phi) is 8.06. The van der Waals surface area contributed by atoms with Gasteiger partial charge < -0.3 is 20.0 Å². The summed E-state index contributed by atoms with van der Waals surface area (Å²) in [6, 6.07) is 6.21. The van der Waals surface area contributed by atoms with Crippen molar-refractivity contribution in [2.24, 2.45) is 0 Å². The van der Waals surface area contributed by atoms with Gasteiger partial charge in [-0.2, -0.15) is 5.10 Å². The third-order valence-electron chi connectivity index (χ3n) is 7.76. The Morgan fingerprint density at radius 2 is 1.73 bits per heavy atom. The Balaban J connectivity index is 1.33. The zero-order valence-corrected chi connectivity index (χ0v) is 25.4. The molecule has 0 saturated carbocycles. The van der Waals surface area contributed by atoms with E-state index in [0.29, 0.717) is 0 Å². The van der Waals surface area contributed by atoms with E-state index in [1.807, 2.05) is 0 Å². The van der Waals surface area contributed by atoms with E-state index in [4.69, 9.17) is 0 Å². The number of likely N-dealkylation sites (tertiary alicyclic amines) is 1. The molecule has 2 aliphatic rings. The van der Waals surface area contributed by atoms with Gasteiger partial charge in [0.05, 0.1) is 5.39 Å². The Labute approximate surface area is 230 Å². The molecule has 2 fully saturated rings. The highest BCUT2D eigenvalue weighted by Gasteiger charge is 2.24. The summed E-state index contributed by atoms with van der Waals surface area (Å²) in [6.45, 7) is 18.1. The van der Waals surface area contributed by atoms with Crippen LogP contribution in [0, 0.1) is 6.92 Å². The normalized spacial score (nSPS) is 17.2. The number of hydrogen-bond donors (Lipinski definition) is 2. The number of fused-ring (bicyclic) bond motifs is 1. The van der Waals surface area contributed by atoms with Gasteiger partial charge in [0.2, 0.25) is 0 Å². The number of rotatable bonds is 9. The zero-order chi connectivity index (χ0) is 26.0. The predicted octanol–water partition coefficient (Wildman–Crippen LogP) is 5.14. The van der Waals surface area contributed by atoms with Crippen molar-refractivity contribution in [1.82, 2.24) is 25.1 Å². The number of halogens is 1. The molecule has 3 aromatic rings. The lowest BCUT2D eigenvalue weighted by Crippen LogP contribution is -2.47. The SMILES string of the molecule is Cc1c(NCCN2CCCC2)cc(CC[Si](C)(C)C)cc1N1CCN(c2ncnc3[nH]nc(Br)c23)CC1. The van der Waals surface area contributed by atoms with Gasteiger partial charge in [0.15, 0.2) is 5.65 Å². The lowest BCUT2D eigenvalue weighted by molar-refractivity contribution is 0.352. The molecule has 10 heteroatoms. The fourth-order valence-electron chi connectivity index (χ4n) is 5.50. The van der Waals surface area contributed by atoms with Gasteiger partial charge in [-0.15, -0.1) is 0 Å². The monoisotopic (exact) mass is 584 g/mol. The molecular weight excluding hydrogens is 544 g/mol. The molecule has 0 unspecified atom stereocenters. The maximum atomic E-state index is 4.62. The van der Waals surface area contributed by atoms with Crippen LogP contribution in [0.5, 0.6) is 0 Å². The summed E-state index contributed by atoms with van der Waals surface area (Å²) in [7, 11) is -1.11. The summed E-state index contributed by atoms with van der Waals surface area (Å²) in [5.74, 6) is 0.954. The van der Waals surface area contributed by atoms with E-state index < -0.39 is 8.07 Å². The van der Waals surface area contributed by atoms with Gasteiger partial charge in [0.1, 0.15) is 16.7 Å². The summed E-state index contributed by atoms with van der Waals surface area (Å²) >= 11 is 3.56. The van der Waals surface area contributed by atoms with E-state index in [1.54, 1.807) is 6.33 Å². The van der Waals surface area contributed by atoms with Crippen molar-refractivity contribution >= 4 is 52.2 Å². The highest BCUT2D eigenvalue weighted by molar-refractivity contribution is 9.10. The summed E-state index contributed by atoms with van der Waals surface area (Å²) in [5, 5.41) is 12.0. The minimum Gasteiger partial charge on any atom is -0.383 e. The van der Waals surface area contributed by atoms with Crippen LogP contribution < -0.4 is 15.1 Å². The highest BCUT2D eigenvalue weighted by Crippen LogP contribution is 2.33. The van der Waals surface area contributed by atoms with Crippen molar-refractivity contribution in [2.75, 3.05) is 67.5 Å². The van der Waals surface area contributed by atoms with Crippen molar-refractivity contribution in [3.63, 3.8) is 0 Å². The van der Waals surface area contributed by atoms with E-state index >= 15 is 0 Å². The summed E-state index contributed by atoms with van der Waals surface area (Å²) in [4.78, 5) is 16.5. The number of nitrogens with zero attached hydrogens (tertiary/aromatic N) is 6. The molecule has 0 aliphatic carbocycles. The number of hydrogen-bond acceptors (Lipinski definition) is 7. The van der Waals surface area contributed by atoms with E-state index in [2.05, 4.69) is 94.8 Å². The molecule has 0 bridgehead atoms. The van der Waals surface area contributed by atoms with E-state index in [-0.39, 0.29) is 0 Å². The van der Waals surface area contributed by atoms with Crippen LogP contribution >= 0.6 is 15.9 Å². The molecule has 200 valence electrons. The van der Waals surface area contributed by atoms with Crippen molar-refractivity contribution in [2.45, 2.75) is 51.9 Å². The standard InChI is InChI=1S/C27H41BrN8Si/c1-20-22(29-8-11-34-9-5-6-10-34)17-21(7-16-37(2,3)4)18-23(20)35-12-14-36(15-13-35)27-24-25(28)32-33-26(24)30-19-31-27/h17-19,29H,5-16H2,1-4H3,(H,30,31,32,33). The maximum Gasteiger partial charge on any atom is 0.161 e. The van der Waals surface area contributed by atoms with E-state index in [1.165, 1.54) is 54.5 Å². The maximum absolute atomic E-state index is 4.62. The van der Waals surface area contributed by atoms with Crippen molar-refractivity contribution < 1.29 is 0 Å². The van der Waals surface area contributed by atoms with Gasteiger partial charge in [0, 0.05) is 58.7 Å². The van der Waals surface area contributed by atoms with E-state index in [0.717, 1.165) is 67.1 Å². The van der Waals surface area contributed by atoms with Crippen molar-refractivity contribution in [1.29, 1.82) is 0 Å². The largest absolute Gasteiger partial charge is 0.383 e. The average molecular weight is 586 g/mol. The predicted molar refractivity (Wildman–Crippen MR) is 161 cm³/mol. The van der Waals surface area contributed by atoms with Gasteiger partial charge in [-0.25, -0.2) is 9.97 Å². The Bertz CT molecular complexity index is 1210. The smallest absolute Gasteiger partial charge is 0.161 e. The molecule has 37 heavy (non-hydrogen) atoms. The number of nitrogens with one attached hydrogen (secondary N) is 2. The molecule has 2 saturated heterocycles. The quantitative estimate of drug-likeness (QED) is 0.337. The minimum absolute atomic E-state index is 0.773. The molecule has 1 aromatic carbocycles. The van der Waals surface area contributed by atoms with Crippen LogP contribution in [0.3, 0.4) is 0 Å². The van der Waals surface area contributed by atoms with Gasteiger partial charge >= 0.3 is 0 Å². The first-order valence-corrected chi connectivity index (χ1v) is 18.2. The summed E-state index contributed by atoms with van der Waals surface area (Å²) < 4.78 is 0.774. The second-order valence-corrected chi connectivity index (χ2v) is 18.1. The Morgan fingerprint density at radius 3 is 2.46 bits per heavy atom. The van der Waals surface area contributed by atoms with Crippen LogP contribution in [0.15, 0.2) is 23.1 Å². The molecule has 0 radical (unpaired) electrons. The molecule has 2 aliphatic heterocycles. The van der Waals surface area contributed by atoms with Crippen LogP contribution in [0.2, 0.25) is 25.7 Å². The third kappa shape index (κ3) is 6.29. The highest BCUT2D eigenvalue weighted by atomic mass is 79.9. The fraction of sp³-hybridized carbons (Fsp3) is 0.593. The van der Waals surface area contributed by atoms with Crippen LogP contribution in [0.4, 0.5) is 17.2 Å². The molecule has 2 aromatic heterocycles. The number of anilines is 3. The van der Waals surface area contributed by atoms with Crippen molar-refractivity contribution in [3.8, 4) is 0 Å². The van der Waals surface area contributed by atoms with Gasteiger partial charge in [-0.3, -0.25) is 5.10 Å². The number of aromatic amines is 1. The third-order valence-corrected chi connectivity index (χ3v) is 10.1. The molecule has 0 amide bonds. The topological polar surface area (TPSA) is 76.2 Å². The Morgan fingerprint density at radius 1 is 1.00 bits per heavy atom. The first-order chi connectivity index (χ1) is 17.8. The molecule has 8 nitrogen and oxygen atoms in total. The molecule has 0 atom stereocenters. The van der Waals surface area contributed by atoms with Crippen LogP contribution in [-0.4, -0.2) is 85.5 Å². The minimum atomic E-state index is -1.11. The summed E-state index contributed by atoms with van der Waals surface area (Å²) in [5.41, 5.74) is 6.30. The van der Waals surface area contributed by atoms with Gasteiger partial charge in [-0.05, 0) is 78.5 Å². The molecule has 2 N–H and O–H groups in total. The fourth-order valence-corrected chi connectivity index (χ4v) is 6.99. The van der Waals surface area contributed by atoms with Gasteiger partial charge in [0.25, 0.3) is 0 Å². The second kappa shape index (κ2) is 11.3.